The minimum absolute atomic E-state index is 0.126. The zero-order valence-corrected chi connectivity index (χ0v) is 11.2. The first-order valence-electron chi connectivity index (χ1n) is 7.46. The summed E-state index contributed by atoms with van der Waals surface area (Å²) in [6.07, 6.45) is 5.14. The Hall–Kier alpha value is -1.06. The number of nitrogens with zero attached hydrogens (tertiary/aromatic N) is 1. The minimum atomic E-state index is -0.363. The van der Waals surface area contributed by atoms with Crippen LogP contribution < -0.4 is 4.74 Å². The second-order valence-electron chi connectivity index (χ2n) is 6.33. The first kappa shape index (κ1) is 11.7. The van der Waals surface area contributed by atoms with Gasteiger partial charge in [0.25, 0.3) is 0 Å². The SMILES string of the molecule is O[C@H]1CC2(CCN3CCCC3C2)Oc2ccccc21. The molecule has 0 aromatic heterocycles. The number of para-hydroxylation sites is 1. The van der Waals surface area contributed by atoms with Gasteiger partial charge in [0.1, 0.15) is 11.4 Å². The van der Waals surface area contributed by atoms with E-state index in [0.717, 1.165) is 37.1 Å². The highest BCUT2D eigenvalue weighted by molar-refractivity contribution is 5.38. The molecular weight excluding hydrogens is 238 g/mol. The molecule has 0 aliphatic carbocycles. The van der Waals surface area contributed by atoms with Crippen LogP contribution in [-0.2, 0) is 0 Å². The Morgan fingerprint density at radius 2 is 2.11 bits per heavy atom. The third kappa shape index (κ3) is 1.87. The average molecular weight is 259 g/mol. The fourth-order valence-electron chi connectivity index (χ4n) is 4.16. The van der Waals surface area contributed by atoms with Crippen LogP contribution in [0.5, 0.6) is 5.75 Å². The van der Waals surface area contributed by atoms with Gasteiger partial charge in [-0.2, -0.15) is 0 Å². The molecule has 19 heavy (non-hydrogen) atoms. The van der Waals surface area contributed by atoms with Gasteiger partial charge in [0.2, 0.25) is 0 Å². The lowest BCUT2D eigenvalue weighted by Gasteiger charge is -2.47. The van der Waals surface area contributed by atoms with E-state index < -0.39 is 0 Å². The number of hydrogen-bond donors (Lipinski definition) is 1. The van der Waals surface area contributed by atoms with Crippen LogP contribution in [0.3, 0.4) is 0 Å². The number of ether oxygens (including phenoxy) is 1. The maximum Gasteiger partial charge on any atom is 0.125 e. The van der Waals surface area contributed by atoms with E-state index in [-0.39, 0.29) is 11.7 Å². The molecule has 0 amide bonds. The number of aliphatic hydroxyl groups excluding tert-OH is 1. The molecular formula is C16H21NO2. The van der Waals surface area contributed by atoms with E-state index in [0.29, 0.717) is 6.04 Å². The molecule has 2 fully saturated rings. The van der Waals surface area contributed by atoms with Gasteiger partial charge in [-0.15, -0.1) is 0 Å². The predicted octanol–water partition coefficient (Wildman–Crippen LogP) is 2.50. The van der Waals surface area contributed by atoms with Crippen LogP contribution in [0.2, 0.25) is 0 Å². The van der Waals surface area contributed by atoms with Crippen LogP contribution in [0.15, 0.2) is 24.3 Å². The molecule has 1 aromatic rings. The summed E-state index contributed by atoms with van der Waals surface area (Å²) >= 11 is 0. The minimum Gasteiger partial charge on any atom is -0.487 e. The molecule has 3 heteroatoms. The average Bonchev–Trinajstić information content (AvgIpc) is 2.85. The largest absolute Gasteiger partial charge is 0.487 e. The Morgan fingerprint density at radius 1 is 1.21 bits per heavy atom. The second kappa shape index (κ2) is 4.22. The van der Waals surface area contributed by atoms with Crippen molar-refractivity contribution in [2.75, 3.05) is 13.1 Å². The lowest BCUT2D eigenvalue weighted by Crippen LogP contribution is -2.52. The van der Waals surface area contributed by atoms with Gasteiger partial charge in [0, 0.05) is 31.0 Å². The Labute approximate surface area is 114 Å². The summed E-state index contributed by atoms with van der Waals surface area (Å²) in [6, 6.07) is 8.63. The Balaban J connectivity index is 1.63. The van der Waals surface area contributed by atoms with Crippen LogP contribution in [-0.4, -0.2) is 34.7 Å². The molecule has 4 rings (SSSR count). The van der Waals surface area contributed by atoms with Crippen molar-refractivity contribution in [3.05, 3.63) is 29.8 Å². The monoisotopic (exact) mass is 259 g/mol. The summed E-state index contributed by atoms with van der Waals surface area (Å²) in [5, 5.41) is 10.4. The van der Waals surface area contributed by atoms with Gasteiger partial charge in [-0.3, -0.25) is 0 Å². The first-order valence-corrected chi connectivity index (χ1v) is 7.46. The Morgan fingerprint density at radius 3 is 3.05 bits per heavy atom. The summed E-state index contributed by atoms with van der Waals surface area (Å²) in [7, 11) is 0. The highest BCUT2D eigenvalue weighted by Gasteiger charge is 2.47. The van der Waals surface area contributed by atoms with Crippen molar-refractivity contribution in [2.24, 2.45) is 0 Å². The molecule has 3 nitrogen and oxygen atoms in total. The van der Waals surface area contributed by atoms with E-state index >= 15 is 0 Å². The van der Waals surface area contributed by atoms with E-state index in [1.165, 1.54) is 19.4 Å². The van der Waals surface area contributed by atoms with Crippen molar-refractivity contribution < 1.29 is 9.84 Å². The molecule has 3 aliphatic rings. The number of aliphatic hydroxyl groups is 1. The molecule has 3 atom stereocenters. The maximum absolute atomic E-state index is 10.4. The summed E-state index contributed by atoms with van der Waals surface area (Å²) in [5.41, 5.74) is 0.834. The van der Waals surface area contributed by atoms with Crippen LogP contribution in [0.4, 0.5) is 0 Å². The Bertz CT molecular complexity index is 489. The summed E-state index contributed by atoms with van der Waals surface area (Å²) in [6.45, 7) is 2.37. The van der Waals surface area contributed by atoms with Gasteiger partial charge in [0.15, 0.2) is 0 Å². The molecule has 102 valence electrons. The zero-order valence-electron chi connectivity index (χ0n) is 11.2. The fourth-order valence-corrected chi connectivity index (χ4v) is 4.16. The first-order chi connectivity index (χ1) is 9.26. The standard InChI is InChI=1S/C16H21NO2/c18-14-11-16(19-15-6-2-1-5-13(14)15)7-9-17-8-3-4-12(17)10-16/h1-2,5-6,12,14,18H,3-4,7-11H2/t12?,14-,16?/m0/s1. The summed E-state index contributed by atoms with van der Waals surface area (Å²) in [4.78, 5) is 2.60. The van der Waals surface area contributed by atoms with Gasteiger partial charge >= 0.3 is 0 Å². The maximum atomic E-state index is 10.4. The summed E-state index contributed by atoms with van der Waals surface area (Å²) in [5.74, 6) is 0.896. The molecule has 1 N–H and O–H groups in total. The van der Waals surface area contributed by atoms with E-state index in [4.69, 9.17) is 4.74 Å². The van der Waals surface area contributed by atoms with E-state index in [1.807, 2.05) is 24.3 Å². The third-order valence-electron chi connectivity index (χ3n) is 5.13. The molecule has 0 saturated carbocycles. The van der Waals surface area contributed by atoms with Gasteiger partial charge in [-0.05, 0) is 31.9 Å². The molecule has 3 heterocycles. The van der Waals surface area contributed by atoms with Crippen LogP contribution in [0, 0.1) is 0 Å². The van der Waals surface area contributed by atoms with E-state index in [9.17, 15) is 5.11 Å². The van der Waals surface area contributed by atoms with E-state index in [2.05, 4.69) is 4.90 Å². The topological polar surface area (TPSA) is 32.7 Å². The fraction of sp³-hybridized carbons (Fsp3) is 0.625. The highest BCUT2D eigenvalue weighted by atomic mass is 16.5. The molecule has 0 bridgehead atoms. The van der Waals surface area contributed by atoms with Gasteiger partial charge in [0.05, 0.1) is 6.10 Å². The summed E-state index contributed by atoms with van der Waals surface area (Å²) < 4.78 is 6.35. The van der Waals surface area contributed by atoms with Gasteiger partial charge in [-0.25, -0.2) is 0 Å². The third-order valence-corrected chi connectivity index (χ3v) is 5.13. The van der Waals surface area contributed by atoms with E-state index in [1.54, 1.807) is 0 Å². The quantitative estimate of drug-likeness (QED) is 0.777. The van der Waals surface area contributed by atoms with Gasteiger partial charge in [-0.1, -0.05) is 18.2 Å². The van der Waals surface area contributed by atoms with Crippen LogP contribution >= 0.6 is 0 Å². The van der Waals surface area contributed by atoms with Crippen molar-refractivity contribution in [3.63, 3.8) is 0 Å². The Kier molecular flexibility index (Phi) is 2.61. The smallest absolute Gasteiger partial charge is 0.125 e. The number of hydrogen-bond acceptors (Lipinski definition) is 3. The van der Waals surface area contributed by atoms with Crippen LogP contribution in [0.25, 0.3) is 0 Å². The number of rotatable bonds is 0. The number of piperidine rings is 1. The van der Waals surface area contributed by atoms with Crippen molar-refractivity contribution in [2.45, 2.75) is 49.9 Å². The van der Waals surface area contributed by atoms with Crippen molar-refractivity contribution >= 4 is 0 Å². The van der Waals surface area contributed by atoms with Crippen molar-refractivity contribution in [3.8, 4) is 5.75 Å². The molecule has 2 saturated heterocycles. The zero-order chi connectivity index (χ0) is 12.9. The molecule has 1 aromatic carbocycles. The lowest BCUT2D eigenvalue weighted by molar-refractivity contribution is -0.0645. The molecule has 2 unspecified atom stereocenters. The molecule has 0 radical (unpaired) electrons. The number of benzene rings is 1. The molecule has 3 aliphatic heterocycles. The van der Waals surface area contributed by atoms with Gasteiger partial charge < -0.3 is 14.7 Å². The second-order valence-corrected chi connectivity index (χ2v) is 6.33. The molecule has 1 spiro atoms. The predicted molar refractivity (Wildman–Crippen MR) is 73.2 cm³/mol. The normalized spacial score (nSPS) is 37.7. The van der Waals surface area contributed by atoms with Crippen LogP contribution in [0.1, 0.15) is 43.8 Å². The van der Waals surface area contributed by atoms with Crippen molar-refractivity contribution in [1.29, 1.82) is 0 Å². The highest BCUT2D eigenvalue weighted by Crippen LogP contribution is 2.46. The number of fused-ring (bicyclic) bond motifs is 2. The van der Waals surface area contributed by atoms with Crippen molar-refractivity contribution in [1.82, 2.24) is 4.90 Å². The lowest BCUT2D eigenvalue weighted by atomic mass is 9.79.